The third-order valence-electron chi connectivity index (χ3n) is 2.99. The fraction of sp³-hybridized carbons (Fsp3) is 0.500. The maximum atomic E-state index is 12.1. The van der Waals surface area contributed by atoms with Gasteiger partial charge in [-0.3, -0.25) is 14.5 Å². The fourth-order valence-electron chi connectivity index (χ4n) is 2.13. The van der Waals surface area contributed by atoms with Gasteiger partial charge in [0.1, 0.15) is 11.4 Å². The minimum absolute atomic E-state index is 0.123. The van der Waals surface area contributed by atoms with Gasteiger partial charge < -0.3 is 14.6 Å². The number of hydrogen-bond acceptors (Lipinski definition) is 5. The third kappa shape index (κ3) is 2.15. The Labute approximate surface area is 120 Å². The first-order valence-electron chi connectivity index (χ1n) is 5.33. The smallest absolute Gasteiger partial charge is 0.355 e. The molecule has 0 aromatic heterocycles. The molecule has 104 valence electrons. The minimum Gasteiger partial charge on any atom is -0.614 e. The van der Waals surface area contributed by atoms with E-state index in [-0.39, 0.29) is 11.4 Å². The standard InChI is InChI=1S/C10H11BrN2O5S/c1-18-10(16)7-5(2-11)3-19(17)9-6(12-4-14)8(15)13(7)9/h4,6,9H,2-3H2,1H3,(H,12,14)/t6?,9-,19?/m0/s1. The Morgan fingerprint density at radius 2 is 2.42 bits per heavy atom. The van der Waals surface area contributed by atoms with Crippen molar-refractivity contribution in [2.75, 3.05) is 18.2 Å². The number of rotatable bonds is 4. The number of β-lactam (4-membered cyclic amide) rings is 1. The Morgan fingerprint density at radius 3 is 2.95 bits per heavy atom. The lowest BCUT2D eigenvalue weighted by Gasteiger charge is -2.48. The fourth-order valence-corrected chi connectivity index (χ4v) is 4.56. The molecule has 9 heteroatoms. The Balaban J connectivity index is 2.37. The van der Waals surface area contributed by atoms with Gasteiger partial charge in [0.2, 0.25) is 11.8 Å². The summed E-state index contributed by atoms with van der Waals surface area (Å²) in [6.45, 7) is 0. The van der Waals surface area contributed by atoms with Crippen LogP contribution in [0.3, 0.4) is 0 Å². The van der Waals surface area contributed by atoms with Crippen molar-refractivity contribution in [1.29, 1.82) is 0 Å². The Morgan fingerprint density at radius 1 is 1.74 bits per heavy atom. The summed E-state index contributed by atoms with van der Waals surface area (Å²) in [5.41, 5.74) is 0.678. The number of alkyl halides is 1. The zero-order valence-electron chi connectivity index (χ0n) is 9.92. The highest BCUT2D eigenvalue weighted by atomic mass is 79.9. The number of nitrogens with one attached hydrogen (secondary N) is 1. The summed E-state index contributed by atoms with van der Waals surface area (Å²) in [5.74, 6) is -0.931. The predicted octanol–water partition coefficient (Wildman–Crippen LogP) is -1.15. The molecule has 2 amide bonds. The molecule has 0 spiro atoms. The molecule has 2 aliphatic heterocycles. The number of carbonyl (C=O) groups excluding carboxylic acids is 3. The number of carbonyl (C=O) groups is 3. The van der Waals surface area contributed by atoms with Crippen LogP contribution < -0.4 is 5.32 Å². The lowest BCUT2D eigenvalue weighted by molar-refractivity contribution is -0.151. The molecule has 19 heavy (non-hydrogen) atoms. The summed E-state index contributed by atoms with van der Waals surface area (Å²) < 4.78 is 16.7. The number of methoxy groups -OCH3 is 1. The number of hydrogen-bond donors (Lipinski definition) is 1. The van der Waals surface area contributed by atoms with Crippen LogP contribution in [-0.2, 0) is 30.3 Å². The molecule has 1 saturated heterocycles. The molecule has 0 radical (unpaired) electrons. The second-order valence-corrected chi connectivity index (χ2v) is 6.06. The number of esters is 1. The van der Waals surface area contributed by atoms with Crippen molar-refractivity contribution < 1.29 is 23.7 Å². The second kappa shape index (κ2) is 5.51. The van der Waals surface area contributed by atoms with E-state index in [9.17, 15) is 18.9 Å². The van der Waals surface area contributed by atoms with Crippen molar-refractivity contribution in [2.45, 2.75) is 11.4 Å². The van der Waals surface area contributed by atoms with Crippen molar-refractivity contribution in [2.24, 2.45) is 0 Å². The van der Waals surface area contributed by atoms with Crippen molar-refractivity contribution in [1.82, 2.24) is 10.2 Å². The molecule has 2 heterocycles. The van der Waals surface area contributed by atoms with Gasteiger partial charge in [0.05, 0.1) is 7.11 Å². The highest BCUT2D eigenvalue weighted by molar-refractivity contribution is 9.09. The van der Waals surface area contributed by atoms with E-state index in [1.54, 1.807) is 0 Å². The Kier molecular flexibility index (Phi) is 4.16. The Bertz CT molecular complexity index is 469. The molecule has 0 bridgehead atoms. The number of halogens is 1. The van der Waals surface area contributed by atoms with Crippen molar-refractivity contribution >= 4 is 45.4 Å². The molecule has 1 N–H and O–H groups in total. The van der Waals surface area contributed by atoms with Gasteiger partial charge in [-0.15, -0.1) is 0 Å². The van der Waals surface area contributed by atoms with Crippen LogP contribution in [0.5, 0.6) is 0 Å². The molecule has 3 atom stereocenters. The highest BCUT2D eigenvalue weighted by Crippen LogP contribution is 2.37. The zero-order valence-corrected chi connectivity index (χ0v) is 12.3. The minimum atomic E-state index is -1.36. The predicted molar refractivity (Wildman–Crippen MR) is 69.5 cm³/mol. The molecule has 0 saturated carbocycles. The van der Waals surface area contributed by atoms with Gasteiger partial charge in [0, 0.05) is 10.9 Å². The summed E-state index contributed by atoms with van der Waals surface area (Å²) in [4.78, 5) is 35.3. The largest absolute Gasteiger partial charge is 0.614 e. The first kappa shape index (κ1) is 14.4. The molecular weight excluding hydrogens is 340 g/mol. The van der Waals surface area contributed by atoms with E-state index in [2.05, 4.69) is 26.0 Å². The molecule has 2 rings (SSSR count). The molecule has 7 nitrogen and oxygen atoms in total. The van der Waals surface area contributed by atoms with E-state index >= 15 is 0 Å². The highest BCUT2D eigenvalue weighted by Gasteiger charge is 2.60. The zero-order chi connectivity index (χ0) is 14.2. The average Bonchev–Trinajstić information content (AvgIpc) is 2.42. The van der Waals surface area contributed by atoms with E-state index in [4.69, 9.17) is 0 Å². The van der Waals surface area contributed by atoms with E-state index in [0.29, 0.717) is 17.3 Å². The molecule has 2 unspecified atom stereocenters. The normalized spacial score (nSPS) is 29.5. The van der Waals surface area contributed by atoms with Crippen molar-refractivity contribution in [3.05, 3.63) is 11.3 Å². The molecule has 2 aliphatic rings. The summed E-state index contributed by atoms with van der Waals surface area (Å²) in [6, 6.07) is -0.838. The summed E-state index contributed by atoms with van der Waals surface area (Å²) in [5, 5.41) is 1.95. The van der Waals surface area contributed by atoms with Crippen LogP contribution in [0, 0.1) is 0 Å². The molecule has 0 aromatic carbocycles. The van der Waals surface area contributed by atoms with Gasteiger partial charge in [-0.25, -0.2) is 4.79 Å². The van der Waals surface area contributed by atoms with Gasteiger partial charge in [-0.1, -0.05) is 15.9 Å². The van der Waals surface area contributed by atoms with Gasteiger partial charge >= 0.3 is 5.97 Å². The average molecular weight is 351 g/mol. The number of nitrogens with zero attached hydrogens (tertiary/aromatic N) is 1. The van der Waals surface area contributed by atoms with Crippen LogP contribution in [0.15, 0.2) is 11.3 Å². The Hall–Kier alpha value is -1.06. The monoisotopic (exact) mass is 350 g/mol. The summed E-state index contributed by atoms with van der Waals surface area (Å²) in [7, 11) is 1.22. The van der Waals surface area contributed by atoms with E-state index in [0.717, 1.165) is 4.90 Å². The first-order chi connectivity index (χ1) is 9.06. The van der Waals surface area contributed by atoms with Crippen LogP contribution in [-0.4, -0.2) is 57.3 Å². The van der Waals surface area contributed by atoms with Crippen LogP contribution >= 0.6 is 15.9 Å². The second-order valence-electron chi connectivity index (χ2n) is 3.96. The molecular formula is C10H11BrN2O5S. The summed E-state index contributed by atoms with van der Waals surface area (Å²) >= 11 is 1.84. The quantitative estimate of drug-likeness (QED) is 0.227. The van der Waals surface area contributed by atoms with E-state index in [1.165, 1.54) is 7.11 Å². The van der Waals surface area contributed by atoms with Gasteiger partial charge in [-0.05, 0) is 11.2 Å². The van der Waals surface area contributed by atoms with Gasteiger partial charge in [0.15, 0.2) is 6.04 Å². The number of ether oxygens (including phenoxy) is 1. The van der Waals surface area contributed by atoms with Crippen LogP contribution in [0.1, 0.15) is 0 Å². The van der Waals surface area contributed by atoms with Crippen LogP contribution in [0.4, 0.5) is 0 Å². The lowest BCUT2D eigenvalue weighted by atomic mass is 10.0. The van der Waals surface area contributed by atoms with Crippen LogP contribution in [0.2, 0.25) is 0 Å². The SMILES string of the molecule is COC(=O)C1=C(CBr)C[S+]([O-])[C@H]2C(NC=O)C(=O)N12. The maximum Gasteiger partial charge on any atom is 0.355 e. The number of fused-ring (bicyclic) bond motifs is 1. The van der Waals surface area contributed by atoms with Crippen LogP contribution in [0.25, 0.3) is 0 Å². The van der Waals surface area contributed by atoms with Crippen molar-refractivity contribution in [3.8, 4) is 0 Å². The maximum absolute atomic E-state index is 12.1. The third-order valence-corrected chi connectivity index (χ3v) is 5.32. The first-order valence-corrected chi connectivity index (χ1v) is 7.83. The molecule has 0 aromatic rings. The lowest BCUT2D eigenvalue weighted by Crippen LogP contribution is -2.74. The summed E-state index contributed by atoms with van der Waals surface area (Å²) in [6.07, 6.45) is 0.388. The van der Waals surface area contributed by atoms with Crippen molar-refractivity contribution in [3.63, 3.8) is 0 Å². The molecule has 1 fully saturated rings. The topological polar surface area (TPSA) is 98.8 Å². The van der Waals surface area contributed by atoms with E-state index < -0.39 is 34.5 Å². The van der Waals surface area contributed by atoms with Gasteiger partial charge in [-0.2, -0.15) is 0 Å². The molecule has 0 aliphatic carbocycles. The number of amides is 2. The van der Waals surface area contributed by atoms with E-state index in [1.807, 2.05) is 0 Å². The van der Waals surface area contributed by atoms with Gasteiger partial charge in [0.25, 0.3) is 5.91 Å².